The Hall–Kier alpha value is -3.50. The number of anilines is 1. The molecule has 1 aliphatic carbocycles. The van der Waals surface area contributed by atoms with Crippen LogP contribution in [0.3, 0.4) is 0 Å². The number of carbonyl (C=O) groups excluding carboxylic acids is 1. The second kappa shape index (κ2) is 9.87. The average molecular weight is 499 g/mol. The molecule has 36 heavy (non-hydrogen) atoms. The standard InChI is InChI=1S/C26H25F3N4O3/c1-35-15-10-18(28)24(19(29)11-15)25-17(27)4-5-20(32-25)26(34)33-21-12-31-7-6-16(21)23-9-14(30)8-22(36-23)13-2-3-13/h4-7,10-14,22-23H,2-3,8-9,30H2,1H3,(H,33,34)/t14-,22-,23+/m0/s1. The Balaban J connectivity index is 1.42. The van der Waals surface area contributed by atoms with Gasteiger partial charge in [0.2, 0.25) is 0 Å². The number of methoxy groups -OCH3 is 1. The molecule has 3 N–H and O–H groups in total. The fraction of sp³-hybridized carbons (Fsp3) is 0.346. The lowest BCUT2D eigenvalue weighted by Crippen LogP contribution is -2.37. The SMILES string of the molecule is COc1cc(F)c(-c2nc(C(=O)Nc3cnccc3[C@H]3C[C@@H](N)C[C@@H](C4CC4)O3)ccc2F)c(F)c1. The first-order chi connectivity index (χ1) is 17.3. The van der Waals surface area contributed by atoms with Crippen LogP contribution >= 0.6 is 0 Å². The van der Waals surface area contributed by atoms with Gasteiger partial charge in [0.15, 0.2) is 0 Å². The van der Waals surface area contributed by atoms with Gasteiger partial charge in [-0.05, 0) is 49.8 Å². The summed E-state index contributed by atoms with van der Waals surface area (Å²) in [4.78, 5) is 21.1. The van der Waals surface area contributed by atoms with Crippen molar-refractivity contribution in [1.29, 1.82) is 0 Å². The number of rotatable bonds is 6. The summed E-state index contributed by atoms with van der Waals surface area (Å²) in [5, 5.41) is 2.73. The molecule has 7 nitrogen and oxygen atoms in total. The number of amides is 1. The van der Waals surface area contributed by atoms with E-state index >= 15 is 0 Å². The third-order valence-corrected chi connectivity index (χ3v) is 6.56. The van der Waals surface area contributed by atoms with E-state index < -0.39 is 34.6 Å². The maximum atomic E-state index is 14.6. The summed E-state index contributed by atoms with van der Waals surface area (Å²) in [6, 6.07) is 5.64. The van der Waals surface area contributed by atoms with Crippen LogP contribution in [-0.2, 0) is 4.74 Å². The zero-order chi connectivity index (χ0) is 25.4. The molecule has 3 heterocycles. The summed E-state index contributed by atoms with van der Waals surface area (Å²) in [6.45, 7) is 0. The van der Waals surface area contributed by atoms with Gasteiger partial charge in [-0.2, -0.15) is 0 Å². The highest BCUT2D eigenvalue weighted by Crippen LogP contribution is 2.43. The molecule has 10 heteroatoms. The van der Waals surface area contributed by atoms with Gasteiger partial charge in [-0.1, -0.05) is 0 Å². The molecule has 2 aromatic heterocycles. The topological polar surface area (TPSA) is 99.4 Å². The van der Waals surface area contributed by atoms with Crippen molar-refractivity contribution in [3.05, 3.63) is 71.4 Å². The third-order valence-electron chi connectivity index (χ3n) is 6.56. The molecule has 1 aliphatic heterocycles. The van der Waals surface area contributed by atoms with Crippen LogP contribution in [0.1, 0.15) is 47.8 Å². The summed E-state index contributed by atoms with van der Waals surface area (Å²) in [6.07, 6.45) is 6.47. The second-order valence-electron chi connectivity index (χ2n) is 9.14. The number of nitrogens with one attached hydrogen (secondary N) is 1. The Morgan fingerprint density at radius 3 is 2.56 bits per heavy atom. The van der Waals surface area contributed by atoms with E-state index in [1.807, 2.05) is 0 Å². The lowest BCUT2D eigenvalue weighted by atomic mass is 9.92. The van der Waals surface area contributed by atoms with Crippen molar-refractivity contribution in [2.75, 3.05) is 12.4 Å². The molecule has 5 rings (SSSR count). The summed E-state index contributed by atoms with van der Waals surface area (Å²) >= 11 is 0. The largest absolute Gasteiger partial charge is 0.497 e. The Morgan fingerprint density at radius 1 is 1.11 bits per heavy atom. The zero-order valence-electron chi connectivity index (χ0n) is 19.5. The summed E-state index contributed by atoms with van der Waals surface area (Å²) in [5.74, 6) is -3.37. The van der Waals surface area contributed by atoms with E-state index in [9.17, 15) is 18.0 Å². The van der Waals surface area contributed by atoms with Crippen LogP contribution in [0.2, 0.25) is 0 Å². The van der Waals surface area contributed by atoms with Crippen molar-refractivity contribution in [2.24, 2.45) is 11.7 Å². The molecule has 1 saturated heterocycles. The van der Waals surface area contributed by atoms with Gasteiger partial charge in [-0.3, -0.25) is 9.78 Å². The molecule has 188 valence electrons. The molecule has 2 fully saturated rings. The average Bonchev–Trinajstić information content (AvgIpc) is 3.70. The molecule has 3 aromatic rings. The smallest absolute Gasteiger partial charge is 0.274 e. The molecule has 0 unspecified atom stereocenters. The predicted octanol–water partition coefficient (Wildman–Crippen LogP) is 4.78. The summed E-state index contributed by atoms with van der Waals surface area (Å²) in [5.41, 5.74) is 5.86. The number of carbonyl (C=O) groups is 1. The van der Waals surface area contributed by atoms with Crippen molar-refractivity contribution in [2.45, 2.75) is 43.9 Å². The molecule has 0 bridgehead atoms. The first-order valence-electron chi connectivity index (χ1n) is 11.7. The normalized spacial score (nSPS) is 21.8. The van der Waals surface area contributed by atoms with E-state index in [2.05, 4.69) is 15.3 Å². The van der Waals surface area contributed by atoms with E-state index in [1.165, 1.54) is 13.3 Å². The van der Waals surface area contributed by atoms with Crippen molar-refractivity contribution in [1.82, 2.24) is 9.97 Å². The number of benzene rings is 1. The molecule has 1 amide bonds. The minimum Gasteiger partial charge on any atom is -0.497 e. The van der Waals surface area contributed by atoms with Gasteiger partial charge in [-0.25, -0.2) is 18.2 Å². The minimum atomic E-state index is -1.07. The first-order valence-corrected chi connectivity index (χ1v) is 11.7. The molecule has 0 spiro atoms. The number of halogens is 3. The van der Waals surface area contributed by atoms with Gasteiger partial charge in [-0.15, -0.1) is 0 Å². The van der Waals surface area contributed by atoms with Crippen LogP contribution < -0.4 is 15.8 Å². The number of ether oxygens (including phenoxy) is 2. The van der Waals surface area contributed by atoms with Crippen LogP contribution in [0, 0.1) is 23.4 Å². The molecule has 0 radical (unpaired) electrons. The van der Waals surface area contributed by atoms with Crippen LogP contribution in [0.5, 0.6) is 5.75 Å². The highest BCUT2D eigenvalue weighted by atomic mass is 19.1. The van der Waals surface area contributed by atoms with Crippen molar-refractivity contribution in [3.8, 4) is 17.0 Å². The summed E-state index contributed by atoms with van der Waals surface area (Å²) in [7, 11) is 1.25. The van der Waals surface area contributed by atoms with E-state index in [0.717, 1.165) is 43.5 Å². The van der Waals surface area contributed by atoms with E-state index in [1.54, 1.807) is 12.3 Å². The van der Waals surface area contributed by atoms with Crippen LogP contribution in [0.25, 0.3) is 11.3 Å². The maximum absolute atomic E-state index is 14.6. The number of aromatic nitrogens is 2. The van der Waals surface area contributed by atoms with Crippen LogP contribution in [-0.4, -0.2) is 35.1 Å². The van der Waals surface area contributed by atoms with Crippen LogP contribution in [0.4, 0.5) is 18.9 Å². The number of hydrogen-bond acceptors (Lipinski definition) is 6. The van der Waals surface area contributed by atoms with Gasteiger partial charge in [0, 0.05) is 29.9 Å². The monoisotopic (exact) mass is 498 g/mol. The third kappa shape index (κ3) is 4.91. The first kappa shape index (κ1) is 24.2. The highest BCUT2D eigenvalue weighted by Gasteiger charge is 2.39. The number of hydrogen-bond donors (Lipinski definition) is 2. The van der Waals surface area contributed by atoms with Gasteiger partial charge in [0.05, 0.1) is 36.8 Å². The Kier molecular flexibility index (Phi) is 6.63. The lowest BCUT2D eigenvalue weighted by molar-refractivity contribution is -0.0682. The van der Waals surface area contributed by atoms with Crippen molar-refractivity contribution in [3.63, 3.8) is 0 Å². The Labute approximate surface area is 205 Å². The lowest BCUT2D eigenvalue weighted by Gasteiger charge is -2.35. The summed E-state index contributed by atoms with van der Waals surface area (Å²) < 4.78 is 54.8. The highest BCUT2D eigenvalue weighted by molar-refractivity contribution is 6.03. The Bertz CT molecular complexity index is 1280. The Morgan fingerprint density at radius 2 is 1.86 bits per heavy atom. The van der Waals surface area contributed by atoms with E-state index in [4.69, 9.17) is 15.2 Å². The fourth-order valence-corrected chi connectivity index (χ4v) is 4.58. The molecule has 3 atom stereocenters. The van der Waals surface area contributed by atoms with Gasteiger partial charge in [0.25, 0.3) is 5.91 Å². The van der Waals surface area contributed by atoms with Gasteiger partial charge >= 0.3 is 0 Å². The number of nitrogens with zero attached hydrogens (tertiary/aromatic N) is 2. The van der Waals surface area contributed by atoms with Crippen molar-refractivity contribution < 1.29 is 27.4 Å². The van der Waals surface area contributed by atoms with E-state index in [0.29, 0.717) is 23.6 Å². The molecule has 1 aromatic carbocycles. The molecule has 2 aliphatic rings. The minimum absolute atomic E-state index is 0.0262. The van der Waals surface area contributed by atoms with Crippen molar-refractivity contribution >= 4 is 11.6 Å². The van der Waals surface area contributed by atoms with Gasteiger partial charge < -0.3 is 20.5 Å². The van der Waals surface area contributed by atoms with E-state index in [-0.39, 0.29) is 29.7 Å². The van der Waals surface area contributed by atoms with Crippen LogP contribution in [0.15, 0.2) is 42.7 Å². The molecular weight excluding hydrogens is 473 g/mol. The predicted molar refractivity (Wildman–Crippen MR) is 126 cm³/mol. The van der Waals surface area contributed by atoms with Gasteiger partial charge in [0.1, 0.15) is 34.6 Å². The molecular formula is C26H25F3N4O3. The molecule has 1 saturated carbocycles. The fourth-order valence-electron chi connectivity index (χ4n) is 4.58. The number of nitrogens with two attached hydrogens (primary N) is 1. The maximum Gasteiger partial charge on any atom is 0.274 e. The number of pyridine rings is 2. The quantitative estimate of drug-likeness (QED) is 0.508. The second-order valence-corrected chi connectivity index (χ2v) is 9.14. The zero-order valence-corrected chi connectivity index (χ0v) is 19.5.